The Morgan fingerprint density at radius 1 is 1.15 bits per heavy atom. The minimum atomic E-state index is -0.123. The average molecular weight is 270 g/mol. The normalized spacial score (nSPS) is 30.4. The SMILES string of the molecule is OC1CC2CCc3[nH]c4ccccc4c3CCN(C1)C2. The van der Waals surface area contributed by atoms with Crippen LogP contribution in [0.2, 0.25) is 0 Å². The van der Waals surface area contributed by atoms with Crippen molar-refractivity contribution in [2.24, 2.45) is 5.92 Å². The highest BCUT2D eigenvalue weighted by Crippen LogP contribution is 2.29. The van der Waals surface area contributed by atoms with Gasteiger partial charge in [-0.05, 0) is 43.2 Å². The zero-order valence-corrected chi connectivity index (χ0v) is 11.8. The third kappa shape index (κ3) is 2.15. The number of fused-ring (bicyclic) bond motifs is 5. The lowest BCUT2D eigenvalue weighted by atomic mass is 9.91. The van der Waals surface area contributed by atoms with Crippen LogP contribution in [0, 0.1) is 5.92 Å². The van der Waals surface area contributed by atoms with Gasteiger partial charge in [0.1, 0.15) is 0 Å². The number of hydrogen-bond donors (Lipinski definition) is 2. The molecule has 0 saturated carbocycles. The van der Waals surface area contributed by atoms with Gasteiger partial charge in [0.15, 0.2) is 0 Å². The van der Waals surface area contributed by atoms with Crippen molar-refractivity contribution in [1.29, 1.82) is 0 Å². The van der Waals surface area contributed by atoms with Gasteiger partial charge in [-0.25, -0.2) is 0 Å². The van der Waals surface area contributed by atoms with E-state index in [1.165, 1.54) is 35.1 Å². The highest BCUT2D eigenvalue weighted by molar-refractivity contribution is 5.84. The molecule has 3 unspecified atom stereocenters. The Morgan fingerprint density at radius 3 is 3.00 bits per heavy atom. The van der Waals surface area contributed by atoms with E-state index < -0.39 is 0 Å². The Morgan fingerprint density at radius 2 is 2.05 bits per heavy atom. The van der Waals surface area contributed by atoms with Gasteiger partial charge in [0, 0.05) is 36.2 Å². The van der Waals surface area contributed by atoms with E-state index in [1.807, 2.05) is 0 Å². The molecule has 2 bridgehead atoms. The molecule has 3 heteroatoms. The summed E-state index contributed by atoms with van der Waals surface area (Å²) in [5.74, 6) is 0.649. The van der Waals surface area contributed by atoms with Crippen molar-refractivity contribution in [3.63, 3.8) is 0 Å². The molecule has 2 aliphatic heterocycles. The summed E-state index contributed by atoms with van der Waals surface area (Å²) in [5.41, 5.74) is 4.20. The van der Waals surface area contributed by atoms with Crippen molar-refractivity contribution in [3.05, 3.63) is 35.5 Å². The van der Waals surface area contributed by atoms with Crippen LogP contribution in [-0.2, 0) is 12.8 Å². The van der Waals surface area contributed by atoms with E-state index in [-0.39, 0.29) is 6.10 Å². The number of aromatic amines is 1. The maximum Gasteiger partial charge on any atom is 0.0670 e. The topological polar surface area (TPSA) is 39.3 Å². The van der Waals surface area contributed by atoms with Gasteiger partial charge in [0.2, 0.25) is 0 Å². The lowest BCUT2D eigenvalue weighted by Crippen LogP contribution is -2.43. The van der Waals surface area contributed by atoms with E-state index in [9.17, 15) is 5.11 Å². The van der Waals surface area contributed by atoms with Gasteiger partial charge in [-0.3, -0.25) is 0 Å². The number of aryl methyl sites for hydroxylation is 1. The molecule has 2 aromatic rings. The Labute approximate surface area is 119 Å². The lowest BCUT2D eigenvalue weighted by molar-refractivity contribution is 0.0389. The van der Waals surface area contributed by atoms with Crippen LogP contribution in [0.1, 0.15) is 24.1 Å². The van der Waals surface area contributed by atoms with Crippen LogP contribution in [0.15, 0.2) is 24.3 Å². The van der Waals surface area contributed by atoms with E-state index in [1.54, 1.807) is 0 Å². The molecule has 2 N–H and O–H groups in total. The van der Waals surface area contributed by atoms with Crippen molar-refractivity contribution in [1.82, 2.24) is 9.88 Å². The van der Waals surface area contributed by atoms with Crippen molar-refractivity contribution in [3.8, 4) is 0 Å². The lowest BCUT2D eigenvalue weighted by Gasteiger charge is -2.35. The number of aliphatic hydroxyl groups is 1. The molecule has 0 amide bonds. The zero-order valence-electron chi connectivity index (χ0n) is 11.8. The number of hydrogen-bond acceptors (Lipinski definition) is 2. The van der Waals surface area contributed by atoms with Gasteiger partial charge in [-0.2, -0.15) is 0 Å². The minimum Gasteiger partial charge on any atom is -0.392 e. The quantitative estimate of drug-likeness (QED) is 0.771. The van der Waals surface area contributed by atoms with Gasteiger partial charge in [-0.1, -0.05) is 18.2 Å². The van der Waals surface area contributed by atoms with Crippen LogP contribution in [0.25, 0.3) is 10.9 Å². The number of aromatic nitrogens is 1. The van der Waals surface area contributed by atoms with Crippen LogP contribution >= 0.6 is 0 Å². The Balaban J connectivity index is 1.71. The molecule has 1 aromatic carbocycles. The third-order valence-electron chi connectivity index (χ3n) is 4.97. The molecule has 1 saturated heterocycles. The number of nitrogens with zero attached hydrogens (tertiary/aromatic N) is 1. The monoisotopic (exact) mass is 270 g/mol. The maximum atomic E-state index is 10.0. The fourth-order valence-corrected chi connectivity index (χ4v) is 4.04. The molecule has 1 aromatic heterocycles. The number of rotatable bonds is 0. The molecule has 3 atom stereocenters. The fraction of sp³-hybridized carbons (Fsp3) is 0.529. The molecule has 0 spiro atoms. The molecular formula is C17H22N2O. The minimum absolute atomic E-state index is 0.123. The predicted molar refractivity (Wildman–Crippen MR) is 80.9 cm³/mol. The zero-order chi connectivity index (χ0) is 13.5. The first-order chi connectivity index (χ1) is 9.79. The molecule has 1 fully saturated rings. The summed E-state index contributed by atoms with van der Waals surface area (Å²) in [6.07, 6.45) is 4.26. The molecular weight excluding hydrogens is 248 g/mol. The first-order valence-electron chi connectivity index (χ1n) is 7.78. The predicted octanol–water partition coefficient (Wildman–Crippen LogP) is 2.34. The molecule has 0 radical (unpaired) electrons. The van der Waals surface area contributed by atoms with Gasteiger partial charge < -0.3 is 15.0 Å². The van der Waals surface area contributed by atoms with Crippen molar-refractivity contribution >= 4 is 10.9 Å². The Bertz CT molecular complexity index is 618. The molecule has 2 aliphatic rings. The van der Waals surface area contributed by atoms with Crippen molar-refractivity contribution in [2.45, 2.75) is 31.8 Å². The Hall–Kier alpha value is -1.32. The second kappa shape index (κ2) is 4.90. The summed E-state index contributed by atoms with van der Waals surface area (Å²) in [6.45, 7) is 3.09. The molecule has 3 nitrogen and oxygen atoms in total. The first-order valence-corrected chi connectivity index (χ1v) is 7.78. The average Bonchev–Trinajstić information content (AvgIpc) is 2.81. The maximum absolute atomic E-state index is 10.0. The summed E-state index contributed by atoms with van der Waals surface area (Å²) < 4.78 is 0. The number of H-pyrrole nitrogens is 1. The van der Waals surface area contributed by atoms with Crippen LogP contribution in [0.3, 0.4) is 0 Å². The molecule has 106 valence electrons. The van der Waals surface area contributed by atoms with E-state index >= 15 is 0 Å². The fourth-order valence-electron chi connectivity index (χ4n) is 4.04. The number of piperidine rings is 1. The number of benzene rings is 1. The second-order valence-corrected chi connectivity index (χ2v) is 6.43. The van der Waals surface area contributed by atoms with Crippen LogP contribution in [0.5, 0.6) is 0 Å². The molecule has 3 heterocycles. The largest absolute Gasteiger partial charge is 0.392 e. The summed E-state index contributed by atoms with van der Waals surface area (Å²) in [5, 5.41) is 11.4. The summed E-state index contributed by atoms with van der Waals surface area (Å²) in [4.78, 5) is 6.08. The third-order valence-corrected chi connectivity index (χ3v) is 4.97. The van der Waals surface area contributed by atoms with Crippen LogP contribution < -0.4 is 0 Å². The standard InChI is InChI=1S/C17H22N2O/c20-13-9-12-5-6-17-15(7-8-19(10-12)11-13)14-3-1-2-4-16(14)18-17/h1-4,12-13,18,20H,5-11H2. The van der Waals surface area contributed by atoms with Crippen molar-refractivity contribution in [2.75, 3.05) is 19.6 Å². The van der Waals surface area contributed by atoms with E-state index in [0.717, 1.165) is 32.4 Å². The van der Waals surface area contributed by atoms with Gasteiger partial charge >= 0.3 is 0 Å². The summed E-state index contributed by atoms with van der Waals surface area (Å²) in [7, 11) is 0. The number of aliphatic hydroxyl groups excluding tert-OH is 1. The number of nitrogens with one attached hydrogen (secondary N) is 1. The summed E-state index contributed by atoms with van der Waals surface area (Å²) in [6, 6.07) is 8.65. The van der Waals surface area contributed by atoms with Crippen LogP contribution in [-0.4, -0.2) is 40.7 Å². The highest BCUT2D eigenvalue weighted by atomic mass is 16.3. The van der Waals surface area contributed by atoms with Crippen molar-refractivity contribution < 1.29 is 5.11 Å². The smallest absolute Gasteiger partial charge is 0.0670 e. The van der Waals surface area contributed by atoms with E-state index in [0.29, 0.717) is 5.92 Å². The van der Waals surface area contributed by atoms with E-state index in [2.05, 4.69) is 34.1 Å². The van der Waals surface area contributed by atoms with Gasteiger partial charge in [0.25, 0.3) is 0 Å². The van der Waals surface area contributed by atoms with E-state index in [4.69, 9.17) is 0 Å². The second-order valence-electron chi connectivity index (χ2n) is 6.43. The molecule has 20 heavy (non-hydrogen) atoms. The molecule has 4 rings (SSSR count). The van der Waals surface area contributed by atoms with Gasteiger partial charge in [0.05, 0.1) is 6.10 Å². The Kier molecular flexibility index (Phi) is 3.04. The van der Waals surface area contributed by atoms with Crippen LogP contribution in [0.4, 0.5) is 0 Å². The first kappa shape index (κ1) is 12.4. The highest BCUT2D eigenvalue weighted by Gasteiger charge is 2.27. The molecule has 0 aliphatic carbocycles. The summed E-state index contributed by atoms with van der Waals surface area (Å²) >= 11 is 0. The number of para-hydroxylation sites is 1. The van der Waals surface area contributed by atoms with Gasteiger partial charge in [-0.15, -0.1) is 0 Å².